The van der Waals surface area contributed by atoms with E-state index in [9.17, 15) is 14.7 Å². The first kappa shape index (κ1) is 25.6. The van der Waals surface area contributed by atoms with Crippen LogP contribution in [0.1, 0.15) is 31.0 Å². The van der Waals surface area contributed by atoms with Crippen LogP contribution in [0.5, 0.6) is 23.0 Å². The number of rotatable bonds is 8. The lowest BCUT2D eigenvalue weighted by molar-refractivity contribution is -0.132. The standard InChI is InChI=1S/C29H29NO7/c1-17(2)37-20-11-9-19(10-12-20)30-26(18-7-6-8-21(15-18)34-3)25(28(32)29(30)33)27(31)23-16-22(35-4)13-14-24(23)36-5/h6-17,26,31H,1-5H3/b27-25+. The Labute approximate surface area is 215 Å². The Morgan fingerprint density at radius 1 is 0.838 bits per heavy atom. The zero-order valence-electron chi connectivity index (χ0n) is 21.3. The lowest BCUT2D eigenvalue weighted by atomic mass is 9.94. The van der Waals surface area contributed by atoms with Crippen molar-refractivity contribution in [1.29, 1.82) is 0 Å². The van der Waals surface area contributed by atoms with Gasteiger partial charge in [0.2, 0.25) is 0 Å². The van der Waals surface area contributed by atoms with Crippen molar-refractivity contribution in [1.82, 2.24) is 0 Å². The number of Topliss-reactive ketones (excluding diaryl/α,β-unsaturated/α-hetero) is 1. The summed E-state index contributed by atoms with van der Waals surface area (Å²) in [7, 11) is 4.48. The van der Waals surface area contributed by atoms with Crippen molar-refractivity contribution in [3.8, 4) is 23.0 Å². The Morgan fingerprint density at radius 3 is 2.11 bits per heavy atom. The quantitative estimate of drug-likeness (QED) is 0.259. The van der Waals surface area contributed by atoms with E-state index in [-0.39, 0.29) is 23.0 Å². The van der Waals surface area contributed by atoms with Gasteiger partial charge >= 0.3 is 0 Å². The molecule has 1 saturated heterocycles. The second-order valence-electron chi connectivity index (χ2n) is 8.67. The van der Waals surface area contributed by atoms with Gasteiger partial charge in [-0.1, -0.05) is 12.1 Å². The molecule has 8 heteroatoms. The fourth-order valence-corrected chi connectivity index (χ4v) is 4.33. The van der Waals surface area contributed by atoms with Crippen LogP contribution < -0.4 is 23.8 Å². The monoisotopic (exact) mass is 503 g/mol. The van der Waals surface area contributed by atoms with Gasteiger partial charge in [0.25, 0.3) is 11.7 Å². The molecule has 1 N–H and O–H groups in total. The zero-order valence-corrected chi connectivity index (χ0v) is 21.3. The number of anilines is 1. The van der Waals surface area contributed by atoms with Gasteiger partial charge in [-0.05, 0) is 74.0 Å². The van der Waals surface area contributed by atoms with Crippen LogP contribution in [-0.2, 0) is 9.59 Å². The normalized spacial score (nSPS) is 16.7. The van der Waals surface area contributed by atoms with E-state index in [1.165, 1.54) is 26.2 Å². The Hall–Kier alpha value is -4.46. The highest BCUT2D eigenvalue weighted by molar-refractivity contribution is 6.51. The number of aliphatic hydroxyl groups is 1. The van der Waals surface area contributed by atoms with E-state index in [0.717, 1.165) is 0 Å². The third-order valence-electron chi connectivity index (χ3n) is 6.00. The predicted molar refractivity (Wildman–Crippen MR) is 140 cm³/mol. The van der Waals surface area contributed by atoms with Gasteiger partial charge < -0.3 is 24.1 Å². The minimum Gasteiger partial charge on any atom is -0.507 e. The van der Waals surface area contributed by atoms with Gasteiger partial charge in [0.05, 0.1) is 44.6 Å². The maximum absolute atomic E-state index is 13.5. The number of hydrogen-bond donors (Lipinski definition) is 1. The lowest BCUT2D eigenvalue weighted by Crippen LogP contribution is -2.29. The number of ketones is 1. The highest BCUT2D eigenvalue weighted by Crippen LogP contribution is 2.44. The van der Waals surface area contributed by atoms with E-state index in [1.807, 2.05) is 13.8 Å². The molecular formula is C29H29NO7. The fourth-order valence-electron chi connectivity index (χ4n) is 4.33. The molecular weight excluding hydrogens is 474 g/mol. The van der Waals surface area contributed by atoms with Crippen LogP contribution in [0.3, 0.4) is 0 Å². The molecule has 0 saturated carbocycles. The van der Waals surface area contributed by atoms with E-state index >= 15 is 0 Å². The molecule has 0 spiro atoms. The van der Waals surface area contributed by atoms with Crippen LogP contribution in [0.25, 0.3) is 5.76 Å². The van der Waals surface area contributed by atoms with Crippen molar-refractivity contribution >= 4 is 23.1 Å². The summed E-state index contributed by atoms with van der Waals surface area (Å²) in [5.74, 6) is -0.00733. The van der Waals surface area contributed by atoms with Crippen molar-refractivity contribution in [2.75, 3.05) is 26.2 Å². The highest BCUT2D eigenvalue weighted by Gasteiger charge is 2.47. The molecule has 0 aromatic heterocycles. The Balaban J connectivity index is 1.93. The zero-order chi connectivity index (χ0) is 26.7. The summed E-state index contributed by atoms with van der Waals surface area (Å²) < 4.78 is 21.8. The molecule has 1 heterocycles. The first-order chi connectivity index (χ1) is 17.8. The first-order valence-corrected chi connectivity index (χ1v) is 11.7. The van der Waals surface area contributed by atoms with E-state index in [0.29, 0.717) is 34.2 Å². The van der Waals surface area contributed by atoms with Crippen LogP contribution in [0.4, 0.5) is 5.69 Å². The van der Waals surface area contributed by atoms with Crippen molar-refractivity contribution in [3.05, 3.63) is 83.4 Å². The number of methoxy groups -OCH3 is 3. The summed E-state index contributed by atoms with van der Waals surface area (Å²) in [6.45, 7) is 3.84. The molecule has 3 aromatic rings. The van der Waals surface area contributed by atoms with Crippen molar-refractivity contribution in [2.24, 2.45) is 0 Å². The van der Waals surface area contributed by atoms with Crippen LogP contribution in [0.2, 0.25) is 0 Å². The third kappa shape index (κ3) is 4.95. The average Bonchev–Trinajstić information content (AvgIpc) is 3.18. The Morgan fingerprint density at radius 2 is 1.49 bits per heavy atom. The molecule has 0 aliphatic carbocycles. The topological polar surface area (TPSA) is 94.5 Å². The van der Waals surface area contributed by atoms with Crippen molar-refractivity contribution in [2.45, 2.75) is 26.0 Å². The molecule has 1 aliphatic rings. The van der Waals surface area contributed by atoms with Gasteiger partial charge in [0.1, 0.15) is 28.8 Å². The summed E-state index contributed by atoms with van der Waals surface area (Å²) in [6.07, 6.45) is -0.0188. The second-order valence-corrected chi connectivity index (χ2v) is 8.67. The average molecular weight is 504 g/mol. The van der Waals surface area contributed by atoms with Gasteiger partial charge in [-0.25, -0.2) is 0 Å². The number of carbonyl (C=O) groups is 2. The molecule has 192 valence electrons. The van der Waals surface area contributed by atoms with E-state index in [2.05, 4.69) is 0 Å². The van der Waals surface area contributed by atoms with Crippen molar-refractivity contribution < 1.29 is 33.6 Å². The summed E-state index contributed by atoms with van der Waals surface area (Å²) in [6, 6.07) is 17.9. The molecule has 1 aliphatic heterocycles. The van der Waals surface area contributed by atoms with Gasteiger partial charge in [0.15, 0.2) is 0 Å². The minimum absolute atomic E-state index is 0.0188. The summed E-state index contributed by atoms with van der Waals surface area (Å²) in [4.78, 5) is 28.3. The van der Waals surface area contributed by atoms with Crippen molar-refractivity contribution in [3.63, 3.8) is 0 Å². The van der Waals surface area contributed by atoms with Gasteiger partial charge in [-0.15, -0.1) is 0 Å². The maximum atomic E-state index is 13.5. The summed E-state index contributed by atoms with van der Waals surface area (Å²) in [5.41, 5.74) is 1.22. The summed E-state index contributed by atoms with van der Waals surface area (Å²) >= 11 is 0. The van der Waals surface area contributed by atoms with Crippen LogP contribution in [-0.4, -0.2) is 44.2 Å². The number of amides is 1. The smallest absolute Gasteiger partial charge is 0.300 e. The molecule has 3 aromatic carbocycles. The second kappa shape index (κ2) is 10.7. The molecule has 0 bridgehead atoms. The maximum Gasteiger partial charge on any atom is 0.300 e. The summed E-state index contributed by atoms with van der Waals surface area (Å²) in [5, 5.41) is 11.5. The van der Waals surface area contributed by atoms with E-state index in [4.69, 9.17) is 18.9 Å². The van der Waals surface area contributed by atoms with Crippen LogP contribution >= 0.6 is 0 Å². The van der Waals surface area contributed by atoms with E-state index in [1.54, 1.807) is 66.7 Å². The third-order valence-corrected chi connectivity index (χ3v) is 6.00. The number of hydrogen-bond acceptors (Lipinski definition) is 7. The molecule has 1 fully saturated rings. The Bertz CT molecular complexity index is 1340. The SMILES string of the molecule is COc1cccc(C2/C(=C(\O)c3cc(OC)ccc3OC)C(=O)C(=O)N2c2ccc(OC(C)C)cc2)c1. The lowest BCUT2D eigenvalue weighted by Gasteiger charge is -2.26. The van der Waals surface area contributed by atoms with Gasteiger partial charge in [-0.2, -0.15) is 0 Å². The number of ether oxygens (including phenoxy) is 4. The fraction of sp³-hybridized carbons (Fsp3) is 0.241. The number of aliphatic hydroxyl groups excluding tert-OH is 1. The van der Waals surface area contributed by atoms with Crippen LogP contribution in [0, 0.1) is 0 Å². The Kier molecular flexibility index (Phi) is 7.38. The molecule has 1 amide bonds. The van der Waals surface area contributed by atoms with Crippen LogP contribution in [0.15, 0.2) is 72.3 Å². The van der Waals surface area contributed by atoms with Gasteiger partial charge in [-0.3, -0.25) is 14.5 Å². The number of carbonyl (C=O) groups excluding carboxylic acids is 2. The number of nitrogens with zero attached hydrogens (tertiary/aromatic N) is 1. The molecule has 37 heavy (non-hydrogen) atoms. The highest BCUT2D eigenvalue weighted by atomic mass is 16.5. The first-order valence-electron chi connectivity index (χ1n) is 11.7. The molecule has 8 nitrogen and oxygen atoms in total. The predicted octanol–water partition coefficient (Wildman–Crippen LogP) is 5.13. The molecule has 4 rings (SSSR count). The largest absolute Gasteiger partial charge is 0.507 e. The van der Waals surface area contributed by atoms with E-state index < -0.39 is 17.7 Å². The number of benzene rings is 3. The molecule has 1 unspecified atom stereocenters. The minimum atomic E-state index is -0.928. The molecule has 1 atom stereocenters. The molecule has 0 radical (unpaired) electrons. The van der Waals surface area contributed by atoms with Gasteiger partial charge in [0, 0.05) is 5.69 Å².